The van der Waals surface area contributed by atoms with Crippen molar-refractivity contribution in [3.05, 3.63) is 39.9 Å². The van der Waals surface area contributed by atoms with Gasteiger partial charge in [0.05, 0.1) is 4.92 Å². The number of piperazine rings is 1. The van der Waals surface area contributed by atoms with Crippen LogP contribution in [0, 0.1) is 10.1 Å². The molecule has 0 atom stereocenters. The van der Waals surface area contributed by atoms with Crippen molar-refractivity contribution < 1.29 is 9.72 Å². The maximum absolute atomic E-state index is 12.0. The first kappa shape index (κ1) is 15.4. The van der Waals surface area contributed by atoms with Gasteiger partial charge >= 0.3 is 0 Å². The van der Waals surface area contributed by atoms with Gasteiger partial charge < -0.3 is 10.2 Å². The number of nitro benzene ring substituents is 1. The number of nitro groups is 1. The number of hydrogen-bond acceptors (Lipinski definition) is 5. The Labute approximate surface area is 123 Å². The SMILES string of the molecule is CN1CCN(CCNC(=O)c2cccc([N+](=O)[O-])c2)CC1. The summed E-state index contributed by atoms with van der Waals surface area (Å²) in [4.78, 5) is 26.7. The molecule has 2 rings (SSSR count). The zero-order valence-corrected chi connectivity index (χ0v) is 12.1. The first-order valence-corrected chi connectivity index (χ1v) is 7.00. The molecule has 1 aromatic rings. The van der Waals surface area contributed by atoms with Crippen molar-refractivity contribution >= 4 is 11.6 Å². The van der Waals surface area contributed by atoms with E-state index in [0.29, 0.717) is 12.1 Å². The van der Waals surface area contributed by atoms with Gasteiger partial charge in [0.25, 0.3) is 11.6 Å². The number of likely N-dealkylation sites (N-methyl/N-ethyl adjacent to an activating group) is 1. The van der Waals surface area contributed by atoms with Crippen LogP contribution >= 0.6 is 0 Å². The fourth-order valence-corrected chi connectivity index (χ4v) is 2.26. The summed E-state index contributed by atoms with van der Waals surface area (Å²) >= 11 is 0. The number of amides is 1. The van der Waals surface area contributed by atoms with Gasteiger partial charge in [-0.3, -0.25) is 19.8 Å². The van der Waals surface area contributed by atoms with E-state index >= 15 is 0 Å². The molecule has 0 spiro atoms. The molecule has 0 aromatic heterocycles. The summed E-state index contributed by atoms with van der Waals surface area (Å²) in [5, 5.41) is 13.5. The molecule has 1 saturated heterocycles. The van der Waals surface area contributed by atoms with Crippen LogP contribution in [0.5, 0.6) is 0 Å². The van der Waals surface area contributed by atoms with E-state index in [9.17, 15) is 14.9 Å². The molecule has 7 heteroatoms. The average molecular weight is 292 g/mol. The number of benzene rings is 1. The number of carbonyl (C=O) groups is 1. The van der Waals surface area contributed by atoms with E-state index in [-0.39, 0.29) is 11.6 Å². The van der Waals surface area contributed by atoms with E-state index in [1.807, 2.05) is 0 Å². The predicted octanol–water partition coefficient (Wildman–Crippen LogP) is 0.572. The van der Waals surface area contributed by atoms with E-state index in [1.54, 1.807) is 6.07 Å². The molecule has 21 heavy (non-hydrogen) atoms. The Hall–Kier alpha value is -1.99. The molecule has 1 aliphatic heterocycles. The molecule has 1 amide bonds. The van der Waals surface area contributed by atoms with Crippen LogP contribution in [0.2, 0.25) is 0 Å². The molecule has 1 heterocycles. The largest absolute Gasteiger partial charge is 0.351 e. The van der Waals surface area contributed by atoms with Gasteiger partial charge in [-0.2, -0.15) is 0 Å². The van der Waals surface area contributed by atoms with Crippen LogP contribution < -0.4 is 5.32 Å². The highest BCUT2D eigenvalue weighted by Crippen LogP contribution is 2.12. The Morgan fingerprint density at radius 2 is 2.05 bits per heavy atom. The van der Waals surface area contributed by atoms with E-state index in [2.05, 4.69) is 22.2 Å². The van der Waals surface area contributed by atoms with E-state index in [4.69, 9.17) is 0 Å². The van der Waals surface area contributed by atoms with Gasteiger partial charge in [-0.1, -0.05) is 6.07 Å². The van der Waals surface area contributed by atoms with Crippen molar-refractivity contribution in [3.8, 4) is 0 Å². The standard InChI is InChI=1S/C14H20N4O3/c1-16-7-9-17(10-8-16)6-5-15-14(19)12-3-2-4-13(11-12)18(20)21/h2-4,11H,5-10H2,1H3,(H,15,19). The summed E-state index contributed by atoms with van der Waals surface area (Å²) in [6.45, 7) is 5.43. The summed E-state index contributed by atoms with van der Waals surface area (Å²) in [6, 6.07) is 5.78. The lowest BCUT2D eigenvalue weighted by atomic mass is 10.2. The van der Waals surface area contributed by atoms with Crippen LogP contribution in [-0.2, 0) is 0 Å². The van der Waals surface area contributed by atoms with Gasteiger partial charge in [0.2, 0.25) is 0 Å². The van der Waals surface area contributed by atoms with Crippen molar-refractivity contribution in [3.63, 3.8) is 0 Å². The third-order valence-electron chi connectivity index (χ3n) is 3.63. The van der Waals surface area contributed by atoms with E-state index in [0.717, 1.165) is 32.7 Å². The smallest absolute Gasteiger partial charge is 0.270 e. The highest BCUT2D eigenvalue weighted by molar-refractivity contribution is 5.94. The third kappa shape index (κ3) is 4.51. The lowest BCUT2D eigenvalue weighted by Crippen LogP contribution is -2.46. The molecule has 7 nitrogen and oxygen atoms in total. The summed E-state index contributed by atoms with van der Waals surface area (Å²) in [7, 11) is 2.10. The van der Waals surface area contributed by atoms with Crippen LogP contribution in [0.25, 0.3) is 0 Å². The summed E-state index contributed by atoms with van der Waals surface area (Å²) < 4.78 is 0. The molecule has 0 bridgehead atoms. The highest BCUT2D eigenvalue weighted by Gasteiger charge is 2.14. The van der Waals surface area contributed by atoms with Crippen LogP contribution in [-0.4, -0.2) is 66.9 Å². The van der Waals surface area contributed by atoms with Crippen LogP contribution in [0.3, 0.4) is 0 Å². The molecule has 1 N–H and O–H groups in total. The van der Waals surface area contributed by atoms with Crippen molar-refractivity contribution in [1.29, 1.82) is 0 Å². The molecular weight excluding hydrogens is 272 g/mol. The minimum absolute atomic E-state index is 0.0679. The van der Waals surface area contributed by atoms with Crippen LogP contribution in [0.15, 0.2) is 24.3 Å². The van der Waals surface area contributed by atoms with Crippen LogP contribution in [0.4, 0.5) is 5.69 Å². The number of rotatable bonds is 5. The highest BCUT2D eigenvalue weighted by atomic mass is 16.6. The number of carbonyl (C=O) groups excluding carboxylic acids is 1. The quantitative estimate of drug-likeness (QED) is 0.634. The lowest BCUT2D eigenvalue weighted by Gasteiger charge is -2.32. The van der Waals surface area contributed by atoms with Gasteiger partial charge in [-0.15, -0.1) is 0 Å². The summed E-state index contributed by atoms with van der Waals surface area (Å²) in [5.41, 5.74) is 0.254. The van der Waals surface area contributed by atoms with Gasteiger partial charge in [0, 0.05) is 57.0 Å². The van der Waals surface area contributed by atoms with Crippen LogP contribution in [0.1, 0.15) is 10.4 Å². The molecule has 0 aliphatic carbocycles. The molecule has 1 fully saturated rings. The Balaban J connectivity index is 1.79. The Bertz CT molecular complexity index is 513. The number of non-ortho nitro benzene ring substituents is 1. The first-order chi connectivity index (χ1) is 10.1. The molecule has 0 radical (unpaired) electrons. The zero-order valence-electron chi connectivity index (χ0n) is 12.1. The Morgan fingerprint density at radius 1 is 1.33 bits per heavy atom. The monoisotopic (exact) mass is 292 g/mol. The topological polar surface area (TPSA) is 78.7 Å². The first-order valence-electron chi connectivity index (χ1n) is 7.00. The van der Waals surface area contributed by atoms with Gasteiger partial charge in [0.15, 0.2) is 0 Å². The lowest BCUT2D eigenvalue weighted by molar-refractivity contribution is -0.384. The predicted molar refractivity (Wildman–Crippen MR) is 79.4 cm³/mol. The maximum atomic E-state index is 12.0. The summed E-state index contributed by atoms with van der Waals surface area (Å²) in [6.07, 6.45) is 0. The summed E-state index contributed by atoms with van der Waals surface area (Å²) in [5.74, 6) is -0.271. The Morgan fingerprint density at radius 3 is 2.71 bits per heavy atom. The molecule has 0 saturated carbocycles. The second-order valence-electron chi connectivity index (χ2n) is 5.21. The van der Waals surface area contributed by atoms with Gasteiger partial charge in [0.1, 0.15) is 0 Å². The Kier molecular flexibility index (Phi) is 5.24. The van der Waals surface area contributed by atoms with E-state index < -0.39 is 4.92 Å². The van der Waals surface area contributed by atoms with Crippen molar-refractivity contribution in [1.82, 2.24) is 15.1 Å². The minimum Gasteiger partial charge on any atom is -0.351 e. The number of hydrogen-bond donors (Lipinski definition) is 1. The second-order valence-corrected chi connectivity index (χ2v) is 5.21. The normalized spacial score (nSPS) is 16.6. The minimum atomic E-state index is -0.499. The van der Waals surface area contributed by atoms with Crippen molar-refractivity contribution in [2.45, 2.75) is 0 Å². The molecule has 0 unspecified atom stereocenters. The molecular formula is C14H20N4O3. The zero-order chi connectivity index (χ0) is 15.2. The molecule has 1 aliphatic rings. The third-order valence-corrected chi connectivity index (χ3v) is 3.63. The maximum Gasteiger partial charge on any atom is 0.270 e. The molecule has 114 valence electrons. The average Bonchev–Trinajstić information content (AvgIpc) is 2.49. The van der Waals surface area contributed by atoms with Gasteiger partial charge in [-0.25, -0.2) is 0 Å². The second kappa shape index (κ2) is 7.14. The van der Waals surface area contributed by atoms with Crippen molar-refractivity contribution in [2.75, 3.05) is 46.3 Å². The fraction of sp³-hybridized carbons (Fsp3) is 0.500. The van der Waals surface area contributed by atoms with Gasteiger partial charge in [-0.05, 0) is 13.1 Å². The number of nitrogens with zero attached hydrogens (tertiary/aromatic N) is 3. The number of nitrogens with one attached hydrogen (secondary N) is 1. The van der Waals surface area contributed by atoms with E-state index in [1.165, 1.54) is 18.2 Å². The fourth-order valence-electron chi connectivity index (χ4n) is 2.26. The van der Waals surface area contributed by atoms with Crippen molar-refractivity contribution in [2.24, 2.45) is 0 Å². The molecule has 1 aromatic carbocycles.